The Morgan fingerprint density at radius 2 is 1.47 bits per heavy atom. The van der Waals surface area contributed by atoms with Gasteiger partial charge in [-0.2, -0.15) is 10.2 Å². The largest absolute Gasteiger partial charge is 0.335 e. The Bertz CT molecular complexity index is 317. The molecular formula is C10H21N5O2. The zero-order valence-electron chi connectivity index (χ0n) is 11.2. The summed E-state index contributed by atoms with van der Waals surface area (Å²) >= 11 is 0. The summed E-state index contributed by atoms with van der Waals surface area (Å²) in [4.78, 5) is 21.9. The Labute approximate surface area is 101 Å². The Hall–Kier alpha value is -1.66. The highest BCUT2D eigenvalue weighted by Crippen LogP contribution is 2.12. The zero-order valence-corrected chi connectivity index (χ0v) is 11.2. The molecule has 0 bridgehead atoms. The normalized spacial score (nSPS) is 12.4. The van der Waals surface area contributed by atoms with E-state index >= 15 is 0 Å². The van der Waals surface area contributed by atoms with Gasteiger partial charge in [0, 0.05) is 6.92 Å². The van der Waals surface area contributed by atoms with Gasteiger partial charge in [-0.3, -0.25) is 10.2 Å². The number of nitrogens with zero attached hydrogens (tertiary/aromatic N) is 2. The molecule has 0 fully saturated rings. The molecule has 0 rings (SSSR count). The monoisotopic (exact) mass is 243 g/mol. The van der Waals surface area contributed by atoms with E-state index in [2.05, 4.69) is 26.4 Å². The van der Waals surface area contributed by atoms with Gasteiger partial charge in [-0.05, 0) is 34.6 Å². The minimum atomic E-state index is -0.837. The molecule has 0 aromatic rings. The molecule has 0 aliphatic rings. The Morgan fingerprint density at radius 3 is 1.88 bits per heavy atom. The van der Waals surface area contributed by atoms with Crippen molar-refractivity contribution in [2.75, 3.05) is 0 Å². The number of rotatable bonds is 2. The van der Waals surface area contributed by atoms with Crippen LogP contribution in [0.15, 0.2) is 10.2 Å². The number of hydrazine groups is 1. The van der Waals surface area contributed by atoms with Gasteiger partial charge < -0.3 is 5.32 Å². The molecule has 0 radical (unpaired) electrons. The summed E-state index contributed by atoms with van der Waals surface area (Å²) in [7, 11) is 0. The third kappa shape index (κ3) is 9.28. The molecule has 3 amide bonds. The lowest BCUT2D eigenvalue weighted by molar-refractivity contribution is -0.119. The number of azo groups is 1. The average molecular weight is 243 g/mol. The second-order valence-corrected chi connectivity index (χ2v) is 5.19. The van der Waals surface area contributed by atoms with Gasteiger partial charge in [0.25, 0.3) is 0 Å². The third-order valence-corrected chi connectivity index (χ3v) is 1.37. The second kappa shape index (κ2) is 5.60. The van der Waals surface area contributed by atoms with E-state index < -0.39 is 11.7 Å². The summed E-state index contributed by atoms with van der Waals surface area (Å²) < 4.78 is 0. The van der Waals surface area contributed by atoms with E-state index in [1.165, 1.54) is 6.92 Å². The third-order valence-electron chi connectivity index (χ3n) is 1.37. The predicted molar refractivity (Wildman–Crippen MR) is 64.2 cm³/mol. The number of urea groups is 1. The first-order chi connectivity index (χ1) is 7.52. The van der Waals surface area contributed by atoms with Crippen molar-refractivity contribution in [3.63, 3.8) is 0 Å². The lowest BCUT2D eigenvalue weighted by Gasteiger charge is -2.22. The van der Waals surface area contributed by atoms with Crippen LogP contribution in [0, 0.1) is 0 Å². The maximum atomic E-state index is 11.3. The van der Waals surface area contributed by atoms with Crippen LogP contribution in [0.2, 0.25) is 0 Å². The van der Waals surface area contributed by atoms with Gasteiger partial charge in [0.2, 0.25) is 5.91 Å². The Morgan fingerprint density at radius 1 is 0.941 bits per heavy atom. The van der Waals surface area contributed by atoms with E-state index in [-0.39, 0.29) is 11.4 Å². The Kier molecular flexibility index (Phi) is 5.06. The van der Waals surface area contributed by atoms with Gasteiger partial charge in [0.15, 0.2) is 0 Å². The van der Waals surface area contributed by atoms with Crippen molar-refractivity contribution in [3.05, 3.63) is 0 Å². The predicted octanol–water partition coefficient (Wildman–Crippen LogP) is 1.32. The molecule has 3 N–H and O–H groups in total. The molecule has 7 heteroatoms. The van der Waals surface area contributed by atoms with E-state index in [4.69, 9.17) is 0 Å². The molecule has 0 aliphatic heterocycles. The molecule has 0 atom stereocenters. The first-order valence-corrected chi connectivity index (χ1v) is 5.31. The van der Waals surface area contributed by atoms with Gasteiger partial charge in [0.1, 0.15) is 5.66 Å². The minimum absolute atomic E-state index is 0.299. The number of nitrogens with one attached hydrogen (secondary N) is 3. The lowest BCUT2D eigenvalue weighted by atomic mass is 10.1. The lowest BCUT2D eigenvalue weighted by Crippen LogP contribution is -2.52. The van der Waals surface area contributed by atoms with Crippen molar-refractivity contribution >= 4 is 11.9 Å². The van der Waals surface area contributed by atoms with Crippen LogP contribution < -0.4 is 16.2 Å². The first-order valence-electron chi connectivity index (χ1n) is 5.31. The summed E-state index contributed by atoms with van der Waals surface area (Å²) in [5, 5.41) is 10.7. The van der Waals surface area contributed by atoms with Crippen LogP contribution in [0.1, 0.15) is 41.5 Å². The van der Waals surface area contributed by atoms with Crippen LogP contribution >= 0.6 is 0 Å². The van der Waals surface area contributed by atoms with E-state index in [0.717, 1.165) is 0 Å². The van der Waals surface area contributed by atoms with Gasteiger partial charge in [-0.1, -0.05) is 0 Å². The van der Waals surface area contributed by atoms with Crippen LogP contribution in [0.3, 0.4) is 0 Å². The molecular weight excluding hydrogens is 222 g/mol. The number of carbonyl (C=O) groups excluding carboxylic acids is 2. The number of hydrogen-bond donors (Lipinski definition) is 3. The molecule has 0 aromatic heterocycles. The highest BCUT2D eigenvalue weighted by Gasteiger charge is 2.20. The van der Waals surface area contributed by atoms with Crippen LogP contribution in [0.25, 0.3) is 0 Å². The molecule has 17 heavy (non-hydrogen) atoms. The first kappa shape index (κ1) is 15.3. The van der Waals surface area contributed by atoms with Crippen molar-refractivity contribution in [3.8, 4) is 0 Å². The number of carbonyl (C=O) groups is 2. The van der Waals surface area contributed by atoms with Crippen LogP contribution in [0.5, 0.6) is 0 Å². The average Bonchev–Trinajstić information content (AvgIpc) is 2.10. The molecule has 0 unspecified atom stereocenters. The molecule has 0 spiro atoms. The summed E-state index contributed by atoms with van der Waals surface area (Å²) in [6.07, 6.45) is 0. The van der Waals surface area contributed by atoms with Gasteiger partial charge >= 0.3 is 6.03 Å². The second-order valence-electron chi connectivity index (χ2n) is 5.19. The number of amides is 3. The Balaban J connectivity index is 4.30. The van der Waals surface area contributed by atoms with E-state index in [1.54, 1.807) is 13.8 Å². The smallest absolute Gasteiger partial charge is 0.311 e. The highest BCUT2D eigenvalue weighted by atomic mass is 16.2. The fraction of sp³-hybridized carbons (Fsp3) is 0.800. The van der Waals surface area contributed by atoms with Crippen LogP contribution in [-0.4, -0.2) is 23.1 Å². The summed E-state index contributed by atoms with van der Waals surface area (Å²) in [6.45, 7) is 10.4. The van der Waals surface area contributed by atoms with Crippen molar-refractivity contribution in [1.82, 2.24) is 16.2 Å². The van der Waals surface area contributed by atoms with Crippen molar-refractivity contribution < 1.29 is 9.59 Å². The minimum Gasteiger partial charge on any atom is -0.311 e. The SMILES string of the molecule is CC(=O)NNC(=O)NC(C)(C)/N=N/C(C)(C)C. The molecule has 0 aromatic carbocycles. The molecule has 0 saturated heterocycles. The van der Waals surface area contributed by atoms with Gasteiger partial charge in [0.05, 0.1) is 5.54 Å². The summed E-state index contributed by atoms with van der Waals surface area (Å²) in [5.41, 5.74) is 3.22. The van der Waals surface area contributed by atoms with Crippen molar-refractivity contribution in [2.24, 2.45) is 10.2 Å². The molecule has 0 saturated carbocycles. The maximum Gasteiger partial charge on any atom is 0.335 e. The van der Waals surface area contributed by atoms with Crippen molar-refractivity contribution in [1.29, 1.82) is 0 Å². The van der Waals surface area contributed by atoms with E-state index in [1.807, 2.05) is 20.8 Å². The van der Waals surface area contributed by atoms with E-state index in [0.29, 0.717) is 0 Å². The molecule has 7 nitrogen and oxygen atoms in total. The van der Waals surface area contributed by atoms with Crippen molar-refractivity contribution in [2.45, 2.75) is 52.7 Å². The summed E-state index contributed by atoms with van der Waals surface area (Å²) in [6, 6.07) is -0.543. The topological polar surface area (TPSA) is 95.0 Å². The fourth-order valence-corrected chi connectivity index (χ4v) is 0.754. The van der Waals surface area contributed by atoms with Crippen LogP contribution in [0.4, 0.5) is 4.79 Å². The standard InChI is InChI=1S/C10H21N5O2/c1-7(16)12-13-8(17)11-10(5,6)15-14-9(2,3)4/h1-6H3,(H,12,16)(H2,11,13,17)/b15-14+. The van der Waals surface area contributed by atoms with Gasteiger partial charge in [-0.25, -0.2) is 10.2 Å². The van der Waals surface area contributed by atoms with Gasteiger partial charge in [-0.15, -0.1) is 0 Å². The highest BCUT2D eigenvalue weighted by molar-refractivity contribution is 5.79. The van der Waals surface area contributed by atoms with Crippen LogP contribution in [-0.2, 0) is 4.79 Å². The molecule has 98 valence electrons. The number of hydrogen-bond acceptors (Lipinski definition) is 4. The zero-order chi connectivity index (χ0) is 13.7. The van der Waals surface area contributed by atoms with E-state index in [9.17, 15) is 9.59 Å². The molecule has 0 heterocycles. The summed E-state index contributed by atoms with van der Waals surface area (Å²) in [5.74, 6) is -0.353. The quantitative estimate of drug-likeness (QED) is 0.504. The maximum absolute atomic E-state index is 11.3. The fourth-order valence-electron chi connectivity index (χ4n) is 0.754. The molecule has 0 aliphatic carbocycles.